The Kier molecular flexibility index (Phi) is 7.54. The van der Waals surface area contributed by atoms with E-state index in [0.717, 1.165) is 6.54 Å². The number of ether oxygens (including phenoxy) is 1. The maximum Gasteiger partial charge on any atom is 0.146 e. The van der Waals surface area contributed by atoms with Crippen molar-refractivity contribution in [3.63, 3.8) is 0 Å². The summed E-state index contributed by atoms with van der Waals surface area (Å²) in [5, 5.41) is 3.24. The van der Waals surface area contributed by atoms with Crippen LogP contribution in [0.2, 0.25) is 0 Å². The van der Waals surface area contributed by atoms with E-state index in [1.54, 1.807) is 7.11 Å². The number of hydrogen-bond donors (Lipinski definition) is 1. The fourth-order valence-corrected chi connectivity index (χ4v) is 1.43. The van der Waals surface area contributed by atoms with Gasteiger partial charge >= 0.3 is 0 Å². The lowest BCUT2D eigenvalue weighted by Gasteiger charge is -2.03. The maximum absolute atomic E-state index is 11.4. The number of benzene rings is 1. The van der Waals surface area contributed by atoms with Crippen molar-refractivity contribution in [2.24, 2.45) is 0 Å². The van der Waals surface area contributed by atoms with Crippen molar-refractivity contribution in [3.05, 3.63) is 35.9 Å². The van der Waals surface area contributed by atoms with Crippen LogP contribution in [0.25, 0.3) is 0 Å². The first-order valence-electron chi connectivity index (χ1n) is 6.04. The Balaban J connectivity index is 2.08. The number of methoxy groups -OCH3 is 1. The van der Waals surface area contributed by atoms with Crippen molar-refractivity contribution in [3.8, 4) is 11.8 Å². The minimum atomic E-state index is 0.166. The average Bonchev–Trinajstić information content (AvgIpc) is 2.41. The smallest absolute Gasteiger partial charge is 0.146 e. The monoisotopic (exact) mass is 245 g/mol. The Morgan fingerprint density at radius 2 is 2.06 bits per heavy atom. The normalized spacial score (nSPS) is 9.61. The van der Waals surface area contributed by atoms with Gasteiger partial charge in [0.25, 0.3) is 0 Å². The number of carbonyl (C=O) groups is 1. The lowest BCUT2D eigenvalue weighted by atomic mass is 10.2. The van der Waals surface area contributed by atoms with Crippen LogP contribution < -0.4 is 5.32 Å². The molecule has 0 spiro atoms. The standard InChI is InChI=1S/C15H19NO2/c1-18-12-6-5-9-15(17)10-11-16-13-14-7-3-2-4-8-14/h2-4,7-8,16H,9-13H2,1H3. The zero-order chi connectivity index (χ0) is 13.1. The van der Waals surface area contributed by atoms with Crippen LogP contribution in [0, 0.1) is 11.8 Å². The summed E-state index contributed by atoms with van der Waals surface area (Å²) in [5.41, 5.74) is 1.23. The summed E-state index contributed by atoms with van der Waals surface area (Å²) in [6, 6.07) is 10.1. The molecule has 0 heterocycles. The van der Waals surface area contributed by atoms with Gasteiger partial charge in [-0.1, -0.05) is 42.2 Å². The SMILES string of the molecule is COCC#CCC(=O)CCNCc1ccccc1. The quantitative estimate of drug-likeness (QED) is 0.588. The molecule has 3 heteroatoms. The molecule has 0 unspecified atom stereocenters. The van der Waals surface area contributed by atoms with Crippen molar-refractivity contribution < 1.29 is 9.53 Å². The zero-order valence-electron chi connectivity index (χ0n) is 10.7. The van der Waals surface area contributed by atoms with E-state index < -0.39 is 0 Å². The highest BCUT2D eigenvalue weighted by Crippen LogP contribution is 1.97. The van der Waals surface area contributed by atoms with Gasteiger partial charge in [-0.15, -0.1) is 0 Å². The molecule has 0 atom stereocenters. The zero-order valence-corrected chi connectivity index (χ0v) is 10.7. The summed E-state index contributed by atoms with van der Waals surface area (Å²) in [6.45, 7) is 1.88. The van der Waals surface area contributed by atoms with Crippen LogP contribution in [0.3, 0.4) is 0 Å². The van der Waals surface area contributed by atoms with E-state index in [1.165, 1.54) is 5.56 Å². The minimum absolute atomic E-state index is 0.166. The first-order valence-corrected chi connectivity index (χ1v) is 6.04. The van der Waals surface area contributed by atoms with Gasteiger partial charge in [0.1, 0.15) is 12.4 Å². The molecule has 0 amide bonds. The molecular weight excluding hydrogens is 226 g/mol. The fourth-order valence-electron chi connectivity index (χ4n) is 1.43. The van der Waals surface area contributed by atoms with Crippen LogP contribution in [0.4, 0.5) is 0 Å². The molecule has 0 aromatic heterocycles. The van der Waals surface area contributed by atoms with Crippen molar-refractivity contribution in [2.75, 3.05) is 20.3 Å². The van der Waals surface area contributed by atoms with Gasteiger partial charge in [-0.3, -0.25) is 4.79 Å². The van der Waals surface area contributed by atoms with Crippen LogP contribution in [0.15, 0.2) is 30.3 Å². The molecule has 0 saturated heterocycles. The molecular formula is C15H19NO2. The number of rotatable bonds is 7. The summed E-state index contributed by atoms with van der Waals surface area (Å²) in [7, 11) is 1.59. The third kappa shape index (κ3) is 6.85. The summed E-state index contributed by atoms with van der Waals surface area (Å²) in [5.74, 6) is 5.73. The minimum Gasteiger partial charge on any atom is -0.372 e. The van der Waals surface area contributed by atoms with E-state index in [-0.39, 0.29) is 5.78 Å². The highest BCUT2D eigenvalue weighted by molar-refractivity contribution is 5.80. The molecule has 1 N–H and O–H groups in total. The molecule has 0 aliphatic rings. The van der Waals surface area contributed by atoms with Gasteiger partial charge in [0.2, 0.25) is 0 Å². The molecule has 0 bridgehead atoms. The predicted octanol–water partition coefficient (Wildman–Crippen LogP) is 1.78. The molecule has 1 aromatic rings. The molecule has 0 radical (unpaired) electrons. The number of nitrogens with one attached hydrogen (secondary N) is 1. The van der Waals surface area contributed by atoms with Crippen LogP contribution in [-0.2, 0) is 16.1 Å². The van der Waals surface area contributed by atoms with Crippen molar-refractivity contribution in [1.29, 1.82) is 0 Å². The molecule has 1 rings (SSSR count). The Labute approximate surface area is 109 Å². The molecule has 3 nitrogen and oxygen atoms in total. The Morgan fingerprint density at radius 1 is 1.28 bits per heavy atom. The maximum atomic E-state index is 11.4. The Hall–Kier alpha value is -1.63. The van der Waals surface area contributed by atoms with E-state index in [4.69, 9.17) is 4.74 Å². The summed E-state index contributed by atoms with van der Waals surface area (Å²) >= 11 is 0. The Bertz CT molecular complexity index is 403. The van der Waals surface area contributed by atoms with Crippen molar-refractivity contribution >= 4 is 5.78 Å². The van der Waals surface area contributed by atoms with Crippen LogP contribution >= 0.6 is 0 Å². The van der Waals surface area contributed by atoms with Crippen LogP contribution in [0.5, 0.6) is 0 Å². The number of carbonyl (C=O) groups excluding carboxylic acids is 1. The van der Waals surface area contributed by atoms with Crippen molar-refractivity contribution in [2.45, 2.75) is 19.4 Å². The van der Waals surface area contributed by atoms with Gasteiger partial charge < -0.3 is 10.1 Å². The van der Waals surface area contributed by atoms with Gasteiger partial charge in [-0.25, -0.2) is 0 Å². The molecule has 0 aliphatic heterocycles. The van der Waals surface area contributed by atoms with E-state index in [0.29, 0.717) is 26.0 Å². The predicted molar refractivity (Wildman–Crippen MR) is 72.0 cm³/mol. The Morgan fingerprint density at radius 3 is 2.78 bits per heavy atom. The van der Waals surface area contributed by atoms with Crippen LogP contribution in [0.1, 0.15) is 18.4 Å². The lowest BCUT2D eigenvalue weighted by molar-refractivity contribution is -0.118. The second-order valence-electron chi connectivity index (χ2n) is 3.91. The average molecular weight is 245 g/mol. The highest BCUT2D eigenvalue weighted by atomic mass is 16.5. The summed E-state index contributed by atoms with van der Waals surface area (Å²) in [4.78, 5) is 11.4. The van der Waals surface area contributed by atoms with E-state index in [9.17, 15) is 4.79 Å². The second-order valence-corrected chi connectivity index (χ2v) is 3.91. The van der Waals surface area contributed by atoms with Gasteiger partial charge in [0.15, 0.2) is 0 Å². The topological polar surface area (TPSA) is 38.3 Å². The number of ketones is 1. The molecule has 18 heavy (non-hydrogen) atoms. The molecule has 1 aromatic carbocycles. The van der Waals surface area contributed by atoms with Gasteiger partial charge in [-0.2, -0.15) is 0 Å². The summed E-state index contributed by atoms with van der Waals surface area (Å²) in [6.07, 6.45) is 0.838. The largest absolute Gasteiger partial charge is 0.372 e. The van der Waals surface area contributed by atoms with E-state index in [1.807, 2.05) is 18.2 Å². The molecule has 0 saturated carbocycles. The first-order chi connectivity index (χ1) is 8.83. The van der Waals surface area contributed by atoms with Crippen molar-refractivity contribution in [1.82, 2.24) is 5.32 Å². The fraction of sp³-hybridized carbons (Fsp3) is 0.400. The van der Waals surface area contributed by atoms with E-state index >= 15 is 0 Å². The van der Waals surface area contributed by atoms with E-state index in [2.05, 4.69) is 29.3 Å². The van der Waals surface area contributed by atoms with Gasteiger partial charge in [0.05, 0.1) is 6.42 Å². The first kappa shape index (κ1) is 14.4. The van der Waals surface area contributed by atoms with Gasteiger partial charge in [-0.05, 0) is 5.56 Å². The number of Topliss-reactive ketones (excluding diaryl/α,β-unsaturated/α-hetero) is 1. The lowest BCUT2D eigenvalue weighted by Crippen LogP contribution is -2.17. The number of hydrogen-bond acceptors (Lipinski definition) is 3. The second kappa shape index (κ2) is 9.41. The molecule has 0 fully saturated rings. The third-order valence-corrected chi connectivity index (χ3v) is 2.38. The van der Waals surface area contributed by atoms with Crippen LogP contribution in [-0.4, -0.2) is 26.0 Å². The highest BCUT2D eigenvalue weighted by Gasteiger charge is 1.98. The third-order valence-electron chi connectivity index (χ3n) is 2.38. The molecule has 0 aliphatic carbocycles. The molecule has 96 valence electrons. The summed E-state index contributed by atoms with van der Waals surface area (Å²) < 4.78 is 4.77. The van der Waals surface area contributed by atoms with Gasteiger partial charge in [0, 0.05) is 26.6 Å².